The number of methoxy groups -OCH3 is 1. The molecule has 0 aromatic rings. The Morgan fingerprint density at radius 1 is 0.947 bits per heavy atom. The number of allylic oxidation sites excluding steroid dienone is 2. The van der Waals surface area contributed by atoms with Crippen molar-refractivity contribution >= 4 is 17.7 Å². The van der Waals surface area contributed by atoms with Crippen molar-refractivity contribution in [3.05, 3.63) is 11.6 Å². The van der Waals surface area contributed by atoms with E-state index in [1.165, 1.54) is 12.7 Å². The maximum atomic E-state index is 13.9. The van der Waals surface area contributed by atoms with E-state index in [1.54, 1.807) is 0 Å². The normalized spacial score (nSPS) is 44.9. The zero-order valence-electron chi connectivity index (χ0n) is 25.2. The molecular formula is C33H51NO4. The summed E-state index contributed by atoms with van der Waals surface area (Å²) >= 11 is 0. The lowest BCUT2D eigenvalue weighted by Crippen LogP contribution is -2.65. The van der Waals surface area contributed by atoms with Gasteiger partial charge < -0.3 is 10.1 Å². The highest BCUT2D eigenvalue weighted by Gasteiger charge is 2.69. The molecule has 5 aliphatic carbocycles. The molecule has 0 aliphatic heterocycles. The Morgan fingerprint density at radius 3 is 2.32 bits per heavy atom. The van der Waals surface area contributed by atoms with Crippen LogP contribution in [0.2, 0.25) is 0 Å². The third-order valence-electron chi connectivity index (χ3n) is 13.5. The summed E-state index contributed by atoms with van der Waals surface area (Å²) in [5.74, 6) is 1.29. The maximum Gasteiger partial charge on any atom is 0.325 e. The van der Waals surface area contributed by atoms with Crippen LogP contribution in [0, 0.1) is 50.2 Å². The summed E-state index contributed by atoms with van der Waals surface area (Å²) in [7, 11) is 1.37. The summed E-state index contributed by atoms with van der Waals surface area (Å²) in [4.78, 5) is 38.8. The van der Waals surface area contributed by atoms with E-state index in [4.69, 9.17) is 4.74 Å². The molecule has 0 radical (unpaired) electrons. The molecule has 4 fully saturated rings. The van der Waals surface area contributed by atoms with Crippen molar-refractivity contribution in [1.29, 1.82) is 0 Å². The van der Waals surface area contributed by atoms with Crippen LogP contribution < -0.4 is 5.32 Å². The number of carbonyl (C=O) groups excluding carboxylic acids is 3. The molecule has 0 heterocycles. The first-order valence-electron chi connectivity index (χ1n) is 15.2. The summed E-state index contributed by atoms with van der Waals surface area (Å²) in [5, 5.41) is 2.98. The number of carbonyl (C=O) groups is 3. The first-order valence-corrected chi connectivity index (χ1v) is 15.2. The molecule has 5 heteroatoms. The Hall–Kier alpha value is -1.65. The van der Waals surface area contributed by atoms with E-state index in [0.29, 0.717) is 24.0 Å². The zero-order chi connectivity index (χ0) is 27.9. The Kier molecular flexibility index (Phi) is 6.37. The van der Waals surface area contributed by atoms with Crippen LogP contribution in [-0.2, 0) is 19.1 Å². The fraction of sp³-hybridized carbons (Fsp3) is 0.848. The van der Waals surface area contributed by atoms with Gasteiger partial charge in [0.1, 0.15) is 12.3 Å². The van der Waals surface area contributed by atoms with Crippen molar-refractivity contribution in [3.8, 4) is 0 Å². The van der Waals surface area contributed by atoms with Crippen LogP contribution in [-0.4, -0.2) is 31.3 Å². The highest BCUT2D eigenvalue weighted by atomic mass is 16.5. The van der Waals surface area contributed by atoms with E-state index in [1.807, 2.05) is 0 Å². The van der Waals surface area contributed by atoms with Gasteiger partial charge in [-0.25, -0.2) is 0 Å². The largest absolute Gasteiger partial charge is 0.468 e. The molecule has 4 saturated carbocycles. The first kappa shape index (κ1) is 27.9. The van der Waals surface area contributed by atoms with Gasteiger partial charge >= 0.3 is 5.97 Å². The summed E-state index contributed by atoms with van der Waals surface area (Å²) < 4.78 is 4.82. The molecule has 1 unspecified atom stereocenters. The zero-order valence-corrected chi connectivity index (χ0v) is 25.2. The van der Waals surface area contributed by atoms with Gasteiger partial charge in [-0.15, -0.1) is 0 Å². The van der Waals surface area contributed by atoms with Crippen LogP contribution in [0.15, 0.2) is 11.6 Å². The molecule has 5 aliphatic rings. The smallest absolute Gasteiger partial charge is 0.325 e. The van der Waals surface area contributed by atoms with Crippen molar-refractivity contribution < 1.29 is 19.1 Å². The van der Waals surface area contributed by atoms with Crippen LogP contribution in [0.25, 0.3) is 0 Å². The maximum absolute atomic E-state index is 13.9. The quantitative estimate of drug-likeness (QED) is 0.331. The highest BCUT2D eigenvalue weighted by molar-refractivity contribution is 5.87. The molecule has 1 amide bonds. The fourth-order valence-corrected chi connectivity index (χ4v) is 10.8. The van der Waals surface area contributed by atoms with Crippen LogP contribution in [0.1, 0.15) is 113 Å². The van der Waals surface area contributed by atoms with E-state index < -0.39 is 11.4 Å². The van der Waals surface area contributed by atoms with Crippen LogP contribution in [0.5, 0.6) is 0 Å². The van der Waals surface area contributed by atoms with Gasteiger partial charge in [0.05, 0.1) is 12.5 Å². The van der Waals surface area contributed by atoms with Gasteiger partial charge in [-0.3, -0.25) is 14.4 Å². The Bertz CT molecular complexity index is 1070. The average Bonchev–Trinajstić information content (AvgIpc) is 2.85. The molecule has 0 aromatic carbocycles. The monoisotopic (exact) mass is 525 g/mol. The van der Waals surface area contributed by atoms with Crippen molar-refractivity contribution in [3.63, 3.8) is 0 Å². The summed E-state index contributed by atoms with van der Waals surface area (Å²) in [6, 6.07) is 0. The second-order valence-corrected chi connectivity index (χ2v) is 15.8. The number of nitrogens with one attached hydrogen (secondary N) is 1. The Labute approximate surface area is 230 Å². The standard InChI is InChI=1S/C33H51NO4/c1-28(2)15-17-33(27(37)34-20-26(36)38-8)18-16-31(6)21(22(33)19-28)9-10-24-30(5)13-12-25(35)29(3,4)23(30)11-14-32(24,31)7/h9,22-24H,10-20H2,1-8H3,(H,34,37)/t22-,23?,24+,30-,31+,32+,33-/m0/s1. The van der Waals surface area contributed by atoms with Gasteiger partial charge in [-0.1, -0.05) is 60.1 Å². The molecule has 0 aromatic heterocycles. The minimum absolute atomic E-state index is 0.0414. The lowest BCUT2D eigenvalue weighted by molar-refractivity contribution is -0.186. The summed E-state index contributed by atoms with van der Waals surface area (Å²) in [5.41, 5.74) is 1.37. The second kappa shape index (κ2) is 8.67. The number of fused-ring (bicyclic) bond motifs is 7. The Balaban J connectivity index is 1.55. The first-order chi connectivity index (χ1) is 17.6. The number of rotatable bonds is 3. The van der Waals surface area contributed by atoms with E-state index in [-0.39, 0.29) is 45.4 Å². The molecule has 212 valence electrons. The summed E-state index contributed by atoms with van der Waals surface area (Å²) in [6.45, 7) is 16.7. The molecule has 7 atom stereocenters. The number of Topliss-reactive ketones (excluding diaryl/α,β-unsaturated/α-hetero) is 1. The second-order valence-electron chi connectivity index (χ2n) is 15.8. The van der Waals surface area contributed by atoms with Gasteiger partial charge in [0.25, 0.3) is 0 Å². The van der Waals surface area contributed by atoms with Crippen LogP contribution >= 0.6 is 0 Å². The van der Waals surface area contributed by atoms with Crippen molar-refractivity contribution in [2.75, 3.05) is 13.7 Å². The summed E-state index contributed by atoms with van der Waals surface area (Å²) in [6.07, 6.45) is 12.4. The number of ether oxygens (including phenoxy) is 1. The van der Waals surface area contributed by atoms with E-state index in [0.717, 1.165) is 57.8 Å². The van der Waals surface area contributed by atoms with Crippen molar-refractivity contribution in [2.45, 2.75) is 113 Å². The van der Waals surface area contributed by atoms with Crippen molar-refractivity contribution in [1.82, 2.24) is 5.32 Å². The Morgan fingerprint density at radius 2 is 1.63 bits per heavy atom. The predicted molar refractivity (Wildman–Crippen MR) is 149 cm³/mol. The molecule has 1 N–H and O–H groups in total. The molecule has 0 bridgehead atoms. The predicted octanol–water partition coefficient (Wildman–Crippen LogP) is 6.65. The molecule has 38 heavy (non-hydrogen) atoms. The minimum atomic E-state index is -0.446. The molecule has 0 saturated heterocycles. The van der Waals surface area contributed by atoms with Gasteiger partial charge in [-0.05, 0) is 97.2 Å². The van der Waals surface area contributed by atoms with E-state index in [2.05, 4.69) is 59.9 Å². The number of amides is 1. The van der Waals surface area contributed by atoms with Crippen LogP contribution in [0.3, 0.4) is 0 Å². The van der Waals surface area contributed by atoms with Gasteiger partial charge in [0.2, 0.25) is 5.91 Å². The number of ketones is 1. The molecule has 5 nitrogen and oxygen atoms in total. The number of hydrogen-bond acceptors (Lipinski definition) is 4. The van der Waals surface area contributed by atoms with E-state index in [9.17, 15) is 14.4 Å². The lowest BCUT2D eigenvalue weighted by atomic mass is 9.33. The molecular weight excluding hydrogens is 474 g/mol. The van der Waals surface area contributed by atoms with Gasteiger partial charge in [0.15, 0.2) is 0 Å². The van der Waals surface area contributed by atoms with Gasteiger partial charge in [0, 0.05) is 11.8 Å². The minimum Gasteiger partial charge on any atom is -0.468 e. The topological polar surface area (TPSA) is 72.5 Å². The van der Waals surface area contributed by atoms with E-state index >= 15 is 0 Å². The average molecular weight is 526 g/mol. The lowest BCUT2D eigenvalue weighted by Gasteiger charge is -2.70. The van der Waals surface area contributed by atoms with Gasteiger partial charge in [-0.2, -0.15) is 0 Å². The number of hydrogen-bond donors (Lipinski definition) is 1. The molecule has 0 spiro atoms. The third kappa shape index (κ3) is 3.65. The fourth-order valence-electron chi connectivity index (χ4n) is 10.8. The van der Waals surface area contributed by atoms with Crippen molar-refractivity contribution in [2.24, 2.45) is 50.2 Å². The highest BCUT2D eigenvalue weighted by Crippen LogP contribution is 2.75. The number of esters is 1. The third-order valence-corrected chi connectivity index (χ3v) is 13.5. The molecule has 5 rings (SSSR count). The van der Waals surface area contributed by atoms with Crippen LogP contribution in [0.4, 0.5) is 0 Å². The SMILES string of the molecule is COC(=O)CNC(=O)[C@]12CCC(C)(C)C[C@H]1C1=CC[C@@H]3[C@@]4(C)CCC(=O)C(C)(C)C4CC[C@@]3(C)[C@]1(C)CC2.